The summed E-state index contributed by atoms with van der Waals surface area (Å²) >= 11 is 0. The van der Waals surface area contributed by atoms with Crippen LogP contribution < -0.4 is 9.64 Å². The molecule has 34 heavy (non-hydrogen) atoms. The molecule has 1 aliphatic rings. The Morgan fingerprint density at radius 3 is 2.74 bits per heavy atom. The number of carbonyl (C=O) groups is 1. The number of aromatic nitrogens is 4. The Hall–Kier alpha value is -3.39. The minimum atomic E-state index is -5.13. The van der Waals surface area contributed by atoms with E-state index in [9.17, 15) is 22.4 Å². The van der Waals surface area contributed by atoms with Crippen LogP contribution in [0.4, 0.5) is 27.9 Å². The van der Waals surface area contributed by atoms with Gasteiger partial charge < -0.3 is 23.9 Å². The van der Waals surface area contributed by atoms with E-state index in [0.29, 0.717) is 18.9 Å². The van der Waals surface area contributed by atoms with Crippen molar-refractivity contribution >= 4 is 23.3 Å². The molecule has 1 fully saturated rings. The lowest BCUT2D eigenvalue weighted by atomic mass is 10.0. The molecule has 1 saturated heterocycles. The van der Waals surface area contributed by atoms with Crippen molar-refractivity contribution in [2.75, 3.05) is 38.5 Å². The molecule has 182 valence electrons. The van der Waals surface area contributed by atoms with Crippen LogP contribution >= 0.6 is 0 Å². The van der Waals surface area contributed by atoms with Crippen molar-refractivity contribution in [3.05, 3.63) is 29.5 Å². The minimum absolute atomic E-state index is 0.128. The van der Waals surface area contributed by atoms with Gasteiger partial charge in [-0.15, -0.1) is 0 Å². The highest BCUT2D eigenvalue weighted by Crippen LogP contribution is 2.42. The van der Waals surface area contributed by atoms with Crippen LogP contribution in [0.2, 0.25) is 0 Å². The second-order valence-electron chi connectivity index (χ2n) is 7.35. The summed E-state index contributed by atoms with van der Waals surface area (Å²) in [5, 5.41) is 4.24. The van der Waals surface area contributed by atoms with Crippen molar-refractivity contribution in [3.63, 3.8) is 0 Å². The molecule has 0 radical (unpaired) electrons. The third-order valence-corrected chi connectivity index (χ3v) is 5.14. The molecule has 1 aromatic carbocycles. The number of carbonyl (C=O) groups excluding carboxylic acids is 1. The number of anilines is 1. The van der Waals surface area contributed by atoms with Crippen LogP contribution in [-0.4, -0.2) is 65.7 Å². The number of aldehydes is 1. The number of rotatable bonds is 6. The molecule has 0 N–H and O–H groups in total. The lowest BCUT2D eigenvalue weighted by molar-refractivity contribution is -0.140. The van der Waals surface area contributed by atoms with Gasteiger partial charge >= 0.3 is 6.18 Å². The molecule has 0 saturated carbocycles. The van der Waals surface area contributed by atoms with Gasteiger partial charge in [0.05, 0.1) is 24.1 Å². The number of hydrogen-bond acceptors (Lipinski definition) is 8. The van der Waals surface area contributed by atoms with Crippen molar-refractivity contribution in [3.8, 4) is 17.0 Å². The Morgan fingerprint density at radius 1 is 1.29 bits per heavy atom. The number of halogens is 5. The third kappa shape index (κ3) is 4.25. The molecule has 1 atom stereocenters. The summed E-state index contributed by atoms with van der Waals surface area (Å²) in [5.41, 5.74) is -2.42. The molecule has 2 aromatic heterocycles. The van der Waals surface area contributed by atoms with Gasteiger partial charge in [-0.2, -0.15) is 23.3 Å². The Kier molecular flexibility index (Phi) is 6.36. The summed E-state index contributed by atoms with van der Waals surface area (Å²) in [6.07, 6.45) is -3.85. The van der Waals surface area contributed by atoms with Gasteiger partial charge in [-0.25, -0.2) is 18.4 Å². The monoisotopic (exact) mass is 487 g/mol. The molecule has 3 aromatic rings. The molecule has 0 aliphatic carbocycles. The normalized spacial score (nSPS) is 16.8. The van der Waals surface area contributed by atoms with Gasteiger partial charge in [-0.1, -0.05) is 0 Å². The van der Waals surface area contributed by atoms with Gasteiger partial charge in [0.15, 0.2) is 36.1 Å². The first-order valence-electron chi connectivity index (χ1n) is 9.88. The SMILES string of the molecule is COCOc1c(F)c(-c2nn(C)c3nc(N4CCO[C@@H](C=O)C4)ncc23)cc(C(F)(F)F)c1F. The number of fused-ring (bicyclic) bond motifs is 1. The smallest absolute Gasteiger partial charge is 0.419 e. The highest BCUT2D eigenvalue weighted by atomic mass is 19.4. The number of ether oxygens (including phenoxy) is 3. The van der Waals surface area contributed by atoms with Crippen LogP contribution in [-0.2, 0) is 27.5 Å². The molecule has 0 spiro atoms. The Bertz CT molecular complexity index is 1230. The molecule has 3 heterocycles. The first-order chi connectivity index (χ1) is 16.2. The van der Waals surface area contributed by atoms with E-state index >= 15 is 4.39 Å². The maximum Gasteiger partial charge on any atom is 0.419 e. The van der Waals surface area contributed by atoms with Crippen molar-refractivity contribution in [1.82, 2.24) is 19.7 Å². The van der Waals surface area contributed by atoms with Gasteiger partial charge in [0, 0.05) is 32.5 Å². The fourth-order valence-electron chi connectivity index (χ4n) is 3.55. The van der Waals surface area contributed by atoms with Crippen molar-refractivity contribution < 1.29 is 41.0 Å². The van der Waals surface area contributed by atoms with E-state index < -0.39 is 47.6 Å². The lowest BCUT2D eigenvalue weighted by Crippen LogP contribution is -2.44. The first kappa shape index (κ1) is 23.8. The van der Waals surface area contributed by atoms with Crippen LogP contribution in [0.3, 0.4) is 0 Å². The second-order valence-corrected chi connectivity index (χ2v) is 7.35. The Morgan fingerprint density at radius 2 is 2.06 bits per heavy atom. The van der Waals surface area contributed by atoms with E-state index in [-0.39, 0.29) is 35.8 Å². The fraction of sp³-hybridized carbons (Fsp3) is 0.400. The molecule has 0 bridgehead atoms. The zero-order valence-electron chi connectivity index (χ0n) is 17.9. The number of benzene rings is 1. The third-order valence-electron chi connectivity index (χ3n) is 5.14. The predicted octanol–water partition coefficient (Wildman–Crippen LogP) is 2.71. The molecule has 1 aliphatic heterocycles. The van der Waals surface area contributed by atoms with Crippen molar-refractivity contribution in [2.45, 2.75) is 12.3 Å². The van der Waals surface area contributed by atoms with Gasteiger partial charge in [0.25, 0.3) is 0 Å². The number of aryl methyl sites for hydroxylation is 1. The predicted molar refractivity (Wildman–Crippen MR) is 107 cm³/mol. The fourth-order valence-corrected chi connectivity index (χ4v) is 3.55. The highest BCUT2D eigenvalue weighted by molar-refractivity contribution is 5.91. The zero-order chi connectivity index (χ0) is 24.6. The molecular formula is C20H18F5N5O4. The highest BCUT2D eigenvalue weighted by Gasteiger charge is 2.39. The average molecular weight is 487 g/mol. The molecule has 9 nitrogen and oxygen atoms in total. The second kappa shape index (κ2) is 9.10. The standard InChI is InChI=1S/C20H18F5N5O4/c1-29-18-12(6-26-19(27-18)30-3-4-33-10(7-30)8-31)16(28-29)11-5-13(20(23,24)25)15(22)17(14(11)21)34-9-32-2/h5-6,8,10H,3-4,7,9H2,1-2H3/t10-/m1/s1. The summed E-state index contributed by atoms with van der Waals surface area (Å²) in [6, 6.07) is 0.330. The summed E-state index contributed by atoms with van der Waals surface area (Å²) in [7, 11) is 2.61. The van der Waals surface area contributed by atoms with Crippen LogP contribution in [0.25, 0.3) is 22.3 Å². The van der Waals surface area contributed by atoms with Crippen LogP contribution in [0.15, 0.2) is 12.3 Å². The van der Waals surface area contributed by atoms with Gasteiger partial charge in [-0.05, 0) is 6.07 Å². The first-order valence-corrected chi connectivity index (χ1v) is 9.88. The number of alkyl halides is 3. The summed E-state index contributed by atoms with van der Waals surface area (Å²) in [4.78, 5) is 21.3. The van der Waals surface area contributed by atoms with E-state index in [1.807, 2.05) is 0 Å². The molecule has 14 heteroatoms. The number of methoxy groups -OCH3 is 1. The summed E-state index contributed by atoms with van der Waals surface area (Å²) in [5.74, 6) is -4.29. The topological polar surface area (TPSA) is 91.6 Å². The van der Waals surface area contributed by atoms with Crippen LogP contribution in [0.5, 0.6) is 5.75 Å². The quantitative estimate of drug-likeness (QED) is 0.298. The van der Waals surface area contributed by atoms with Gasteiger partial charge in [0.1, 0.15) is 11.8 Å². The average Bonchev–Trinajstić information content (AvgIpc) is 3.14. The molecular weight excluding hydrogens is 469 g/mol. The van der Waals surface area contributed by atoms with Crippen LogP contribution in [0, 0.1) is 11.6 Å². The minimum Gasteiger partial charge on any atom is -0.461 e. The van der Waals surface area contributed by atoms with E-state index in [1.165, 1.54) is 17.9 Å². The Labute approximate surface area is 189 Å². The summed E-state index contributed by atoms with van der Waals surface area (Å²) < 4.78 is 85.9. The van der Waals surface area contributed by atoms with E-state index in [1.54, 1.807) is 4.90 Å². The van der Waals surface area contributed by atoms with E-state index in [4.69, 9.17) is 9.47 Å². The maximum atomic E-state index is 15.2. The van der Waals surface area contributed by atoms with Crippen LogP contribution in [0.1, 0.15) is 5.56 Å². The number of nitrogens with zero attached hydrogens (tertiary/aromatic N) is 5. The zero-order valence-corrected chi connectivity index (χ0v) is 17.9. The van der Waals surface area contributed by atoms with Crippen molar-refractivity contribution in [1.29, 1.82) is 0 Å². The lowest BCUT2D eigenvalue weighted by Gasteiger charge is -2.30. The van der Waals surface area contributed by atoms with E-state index in [0.717, 1.165) is 7.11 Å². The van der Waals surface area contributed by atoms with Crippen molar-refractivity contribution in [2.24, 2.45) is 7.05 Å². The number of morpholine rings is 1. The van der Waals surface area contributed by atoms with Gasteiger partial charge in [0.2, 0.25) is 5.95 Å². The Balaban J connectivity index is 1.84. The maximum absolute atomic E-state index is 15.2. The van der Waals surface area contributed by atoms with E-state index in [2.05, 4.69) is 19.8 Å². The molecule has 0 unspecified atom stereocenters. The largest absolute Gasteiger partial charge is 0.461 e. The number of hydrogen-bond donors (Lipinski definition) is 0. The summed E-state index contributed by atoms with van der Waals surface area (Å²) in [6.45, 7) is 0.210. The molecule has 0 amide bonds. The molecule has 4 rings (SSSR count). The van der Waals surface area contributed by atoms with Gasteiger partial charge in [-0.3, -0.25) is 0 Å².